The molecule has 3 heterocycles. The van der Waals surface area contributed by atoms with Crippen LogP contribution in [0.1, 0.15) is 0 Å². The van der Waals surface area contributed by atoms with Gasteiger partial charge in [-0.1, -0.05) is 42.5 Å². The second-order valence-electron chi connectivity index (χ2n) is 5.86. The van der Waals surface area contributed by atoms with Gasteiger partial charge < -0.3 is 30.5 Å². The van der Waals surface area contributed by atoms with E-state index in [2.05, 4.69) is 29.9 Å². The summed E-state index contributed by atoms with van der Waals surface area (Å²) in [5.74, 6) is 1.38. The number of H-pyrrole nitrogens is 1. The Morgan fingerprint density at radius 3 is 2.25 bits per heavy atom. The summed E-state index contributed by atoms with van der Waals surface area (Å²) in [4.78, 5) is 24.3. The van der Waals surface area contributed by atoms with Gasteiger partial charge in [0, 0.05) is 7.11 Å². The second-order valence-corrected chi connectivity index (χ2v) is 5.86. The van der Waals surface area contributed by atoms with Crippen LogP contribution in [0, 0.1) is 11.5 Å². The molecule has 0 amide bonds. The molecule has 0 aliphatic heterocycles. The third kappa shape index (κ3) is 5.52. The van der Waals surface area contributed by atoms with Crippen molar-refractivity contribution in [1.29, 1.82) is 5.26 Å². The number of aromatic nitrogens is 5. The van der Waals surface area contributed by atoms with E-state index in [1.165, 1.54) is 12.2 Å². The number of benzene rings is 2. The second kappa shape index (κ2) is 11.9. The van der Waals surface area contributed by atoms with Crippen LogP contribution in [0.4, 0.5) is 0 Å². The van der Waals surface area contributed by atoms with Crippen LogP contribution in [0.3, 0.4) is 0 Å². The van der Waals surface area contributed by atoms with Gasteiger partial charge in [-0.2, -0.15) is 5.26 Å². The van der Waals surface area contributed by atoms with Crippen LogP contribution >= 0.6 is 0 Å². The number of aliphatic imine (C=N–C) groups is 1. The number of rotatable bonds is 2. The molecule has 0 atom stereocenters. The summed E-state index contributed by atoms with van der Waals surface area (Å²) in [6.07, 6.45) is 1.28. The van der Waals surface area contributed by atoms with Crippen LogP contribution in [-0.4, -0.2) is 38.2 Å². The predicted octanol–water partition coefficient (Wildman–Crippen LogP) is 3.61. The van der Waals surface area contributed by atoms with E-state index < -0.39 is 0 Å². The molecule has 0 spiro atoms. The van der Waals surface area contributed by atoms with Gasteiger partial charge in [0.25, 0.3) is 0 Å². The van der Waals surface area contributed by atoms with Crippen molar-refractivity contribution in [3.05, 3.63) is 72.1 Å². The molecule has 5 rings (SSSR count). The Labute approximate surface area is 193 Å². The first-order chi connectivity index (χ1) is 15.3. The van der Waals surface area contributed by atoms with Crippen LogP contribution in [0.25, 0.3) is 50.5 Å². The number of imidazole rings is 2. The largest absolute Gasteiger partial charge is 2.00 e. The number of fused-ring (bicyclic) bond motifs is 2. The van der Waals surface area contributed by atoms with E-state index in [1.807, 2.05) is 66.7 Å². The van der Waals surface area contributed by atoms with Crippen molar-refractivity contribution in [2.45, 2.75) is 0 Å². The Bertz CT molecular complexity index is 1240. The summed E-state index contributed by atoms with van der Waals surface area (Å²) in [7, 11) is 1.00. The summed E-state index contributed by atoms with van der Waals surface area (Å²) in [6.45, 7) is 0. The van der Waals surface area contributed by atoms with Crippen LogP contribution in [0.5, 0.6) is 0 Å². The molecule has 0 saturated heterocycles. The van der Waals surface area contributed by atoms with Gasteiger partial charge in [0.05, 0.1) is 22.9 Å². The Morgan fingerprint density at radius 2 is 1.59 bits per heavy atom. The third-order valence-electron chi connectivity index (χ3n) is 4.04. The zero-order chi connectivity index (χ0) is 22.1. The van der Waals surface area contributed by atoms with Crippen molar-refractivity contribution in [3.63, 3.8) is 0 Å². The maximum atomic E-state index is 7.43. The number of aliphatic hydroxyl groups is 1. The van der Waals surface area contributed by atoms with Gasteiger partial charge in [0.15, 0.2) is 5.82 Å². The van der Waals surface area contributed by atoms with Gasteiger partial charge in [-0.3, -0.25) is 0 Å². The van der Waals surface area contributed by atoms with Crippen molar-refractivity contribution < 1.29 is 22.2 Å². The number of nitriles is 1. The van der Waals surface area contributed by atoms with E-state index in [4.69, 9.17) is 15.8 Å². The Balaban J connectivity index is 0.000000405. The molecular weight excluding hydrogens is 456 g/mol. The van der Waals surface area contributed by atoms with E-state index in [0.717, 1.165) is 46.4 Å². The number of nitrogens with zero attached hydrogens (tertiary/aromatic N) is 7. The van der Waals surface area contributed by atoms with Gasteiger partial charge in [0.1, 0.15) is 5.69 Å². The topological polar surface area (TPSA) is 147 Å². The molecule has 0 aliphatic carbocycles. The average Bonchev–Trinajstić information content (AvgIpc) is 3.46. The normalized spacial score (nSPS) is 9.28. The number of hydrogen-bond donors (Lipinski definition) is 2. The Morgan fingerprint density at radius 1 is 0.906 bits per heavy atom. The summed E-state index contributed by atoms with van der Waals surface area (Å²) < 4.78 is 0. The van der Waals surface area contributed by atoms with E-state index in [9.17, 15) is 0 Å². The molecule has 161 valence electrons. The van der Waals surface area contributed by atoms with Crippen molar-refractivity contribution in [3.8, 4) is 29.2 Å². The molecule has 3 aromatic heterocycles. The van der Waals surface area contributed by atoms with E-state index in [0.29, 0.717) is 5.82 Å². The zero-order valence-electron chi connectivity index (χ0n) is 16.7. The average molecular weight is 472 g/mol. The molecule has 0 saturated carbocycles. The van der Waals surface area contributed by atoms with E-state index >= 15 is 0 Å². The van der Waals surface area contributed by atoms with Crippen LogP contribution in [0.15, 0.2) is 71.7 Å². The van der Waals surface area contributed by atoms with Crippen molar-refractivity contribution in [2.75, 3.05) is 7.11 Å². The number of para-hydroxylation sites is 4. The first-order valence-electron chi connectivity index (χ1n) is 9.03. The summed E-state index contributed by atoms with van der Waals surface area (Å²) in [5.41, 5.74) is 5.19. The molecule has 32 heavy (non-hydrogen) atoms. The number of hydrogen-bond acceptors (Lipinski definition) is 6. The van der Waals surface area contributed by atoms with Gasteiger partial charge in [-0.05, 0) is 41.1 Å². The number of pyridine rings is 1. The monoisotopic (exact) mass is 471 g/mol. The summed E-state index contributed by atoms with van der Waals surface area (Å²) in [5, 5.41) is 21.9. The van der Waals surface area contributed by atoms with Crippen LogP contribution in [0.2, 0.25) is 0 Å². The van der Waals surface area contributed by atoms with Crippen molar-refractivity contribution >= 4 is 28.1 Å². The summed E-state index contributed by atoms with van der Waals surface area (Å²) >= 11 is 0. The molecule has 0 bridgehead atoms. The zero-order valence-corrected chi connectivity index (χ0v) is 17.7. The van der Waals surface area contributed by atoms with Gasteiger partial charge in [0.2, 0.25) is 0 Å². The van der Waals surface area contributed by atoms with Crippen LogP contribution in [-0.2, 0) is 17.1 Å². The minimum absolute atomic E-state index is 0. The SMILES string of the molecule is CO.N#CN=C=[N-].[Cu+2].c1cc(-c2nc3ccccc3[n-]2)nc(-c2nc3ccccc3[nH]2)c1. The maximum Gasteiger partial charge on any atom is 2.00 e. The maximum absolute atomic E-state index is 7.43. The number of nitrogens with one attached hydrogen (secondary N) is 1. The Kier molecular flexibility index (Phi) is 8.99. The molecule has 2 N–H and O–H groups in total. The minimum Gasteiger partial charge on any atom is -0.434 e. The minimum atomic E-state index is 0. The molecule has 0 aliphatic rings. The quantitative estimate of drug-likeness (QED) is 0.228. The van der Waals surface area contributed by atoms with Gasteiger partial charge in [-0.25, -0.2) is 9.97 Å². The molecule has 2 aromatic carbocycles. The molecule has 10 heteroatoms. The molecule has 0 fully saturated rings. The molecule has 9 nitrogen and oxygen atoms in total. The molecular formula is C22H16CuN8O. The van der Waals surface area contributed by atoms with Gasteiger partial charge in [-0.15, -0.1) is 6.01 Å². The van der Waals surface area contributed by atoms with E-state index in [-0.39, 0.29) is 17.1 Å². The van der Waals surface area contributed by atoms with Crippen LogP contribution < -0.4 is 4.98 Å². The first kappa shape index (κ1) is 24.2. The number of aliphatic hydroxyl groups excluding tert-OH is 1. The summed E-state index contributed by atoms with van der Waals surface area (Å²) in [6, 6.07) is 22.8. The smallest absolute Gasteiger partial charge is 0.434 e. The molecule has 5 aromatic rings. The Hall–Kier alpha value is -4.12. The molecule has 1 radical (unpaired) electrons. The van der Waals surface area contributed by atoms with Crippen molar-refractivity contribution in [2.24, 2.45) is 4.99 Å². The molecule has 0 unspecified atom stereocenters. The van der Waals surface area contributed by atoms with Crippen molar-refractivity contribution in [1.82, 2.24) is 24.9 Å². The first-order valence-corrected chi connectivity index (χ1v) is 9.03. The predicted molar refractivity (Wildman–Crippen MR) is 118 cm³/mol. The standard InChI is InChI=1S/C19H12N5.C2N3.CH4O.Cu/c1-2-7-13-12(6-1)21-18(22-13)16-10-5-11-17(20-16)19-23-14-8-3-4-9-15(14)24-19;3-1-5-2-4;1-2;/h1-11H,(H-,21,22,23,24);;2H,1H3;/q2*-1;;+2. The fourth-order valence-electron chi connectivity index (χ4n) is 2.81. The fourth-order valence-corrected chi connectivity index (χ4v) is 2.81. The number of aromatic amines is 1. The van der Waals surface area contributed by atoms with Gasteiger partial charge >= 0.3 is 17.1 Å². The fraction of sp³-hybridized carbons (Fsp3) is 0.0455. The third-order valence-corrected chi connectivity index (χ3v) is 4.04. The van der Waals surface area contributed by atoms with E-state index in [1.54, 1.807) is 0 Å².